The van der Waals surface area contributed by atoms with Crippen LogP contribution in [0.25, 0.3) is 0 Å². The monoisotopic (exact) mass is 514 g/mol. The van der Waals surface area contributed by atoms with Gasteiger partial charge in [0.2, 0.25) is 0 Å². The molecule has 1 atom stereocenters. The van der Waals surface area contributed by atoms with Gasteiger partial charge in [0.15, 0.2) is 5.78 Å². The molecular formula is C27H58N6O3. The van der Waals surface area contributed by atoms with E-state index in [4.69, 9.17) is 32.5 Å². The van der Waals surface area contributed by atoms with E-state index in [0.717, 1.165) is 6.54 Å². The maximum atomic E-state index is 10.8. The largest absolute Gasteiger partial charge is 0.492 e. The summed E-state index contributed by atoms with van der Waals surface area (Å²) in [4.78, 5) is 10.8. The van der Waals surface area contributed by atoms with Gasteiger partial charge in [-0.3, -0.25) is 4.79 Å². The molecule has 214 valence electrons. The average molecular weight is 515 g/mol. The number of Topliss-reactive ketones (excluding diaryl/α,β-unsaturated/α-hetero) is 1. The first-order valence-electron chi connectivity index (χ1n) is 12.7. The van der Waals surface area contributed by atoms with Crippen LogP contribution >= 0.6 is 0 Å². The van der Waals surface area contributed by atoms with E-state index in [1.54, 1.807) is 24.4 Å². The molecule has 0 saturated heterocycles. The Balaban J connectivity index is -0.000000499. The van der Waals surface area contributed by atoms with E-state index in [2.05, 4.69) is 39.6 Å². The number of allylic oxidation sites excluding steroid dienone is 2. The summed E-state index contributed by atoms with van der Waals surface area (Å²) >= 11 is 0. The van der Waals surface area contributed by atoms with Crippen molar-refractivity contribution in [2.24, 2.45) is 33.9 Å². The molecule has 0 spiro atoms. The second-order valence-corrected chi connectivity index (χ2v) is 10.4. The Labute approximate surface area is 221 Å². The highest BCUT2D eigenvalue weighted by molar-refractivity contribution is 5.94. The number of ether oxygens (including phenoxy) is 2. The van der Waals surface area contributed by atoms with Crippen molar-refractivity contribution < 1.29 is 14.3 Å². The van der Waals surface area contributed by atoms with Gasteiger partial charge in [0.05, 0.1) is 19.5 Å². The van der Waals surface area contributed by atoms with Gasteiger partial charge < -0.3 is 37.0 Å². The number of nitrogens with one attached hydrogen (secondary N) is 1. The first kappa shape index (κ1) is 38.6. The predicted octanol–water partition coefficient (Wildman–Crippen LogP) is 3.02. The minimum absolute atomic E-state index is 0.0201. The third kappa shape index (κ3) is 22.5. The minimum atomic E-state index is -0.0363. The molecule has 0 saturated carbocycles. The van der Waals surface area contributed by atoms with Crippen LogP contribution in [0.2, 0.25) is 0 Å². The molecule has 1 aliphatic heterocycles. The van der Waals surface area contributed by atoms with Crippen LogP contribution in [0.5, 0.6) is 0 Å². The fraction of sp³-hybridized carbons (Fsp3) is 0.741. The number of hydrogen-bond acceptors (Lipinski definition) is 9. The van der Waals surface area contributed by atoms with Crippen LogP contribution in [-0.2, 0) is 14.3 Å². The highest BCUT2D eigenvalue weighted by Gasteiger charge is 2.23. The summed E-state index contributed by atoms with van der Waals surface area (Å²) in [5.74, 6) is 5.99. The number of hydrazine groups is 1. The van der Waals surface area contributed by atoms with Gasteiger partial charge >= 0.3 is 0 Å². The van der Waals surface area contributed by atoms with Gasteiger partial charge in [0.25, 0.3) is 0 Å². The lowest BCUT2D eigenvalue weighted by Gasteiger charge is -2.31. The van der Waals surface area contributed by atoms with Gasteiger partial charge in [0, 0.05) is 54.4 Å². The lowest BCUT2D eigenvalue weighted by Crippen LogP contribution is -2.39. The minimum Gasteiger partial charge on any atom is -0.492 e. The molecule has 1 unspecified atom stereocenters. The van der Waals surface area contributed by atoms with Crippen LogP contribution < -0.4 is 28.4 Å². The smallest absolute Gasteiger partial charge is 0.159 e. The van der Waals surface area contributed by atoms with Crippen molar-refractivity contribution in [3.8, 4) is 0 Å². The van der Waals surface area contributed by atoms with Crippen molar-refractivity contribution in [1.82, 2.24) is 10.3 Å². The quantitative estimate of drug-likeness (QED) is 0.142. The van der Waals surface area contributed by atoms with Gasteiger partial charge in [-0.2, -0.15) is 0 Å². The Bertz CT molecular complexity index is 656. The van der Waals surface area contributed by atoms with Gasteiger partial charge in [-0.25, -0.2) is 5.84 Å². The van der Waals surface area contributed by atoms with Gasteiger partial charge in [-0.05, 0) is 39.9 Å². The molecule has 1 rings (SSSR count). The average Bonchev–Trinajstić information content (AvgIpc) is 2.77. The molecule has 9 nitrogen and oxygen atoms in total. The van der Waals surface area contributed by atoms with Crippen LogP contribution in [0.4, 0.5) is 0 Å². The zero-order valence-corrected chi connectivity index (χ0v) is 24.9. The lowest BCUT2D eigenvalue weighted by atomic mass is 9.93. The Morgan fingerprint density at radius 1 is 1.19 bits per heavy atom. The molecule has 0 amide bonds. The van der Waals surface area contributed by atoms with Crippen LogP contribution in [0.1, 0.15) is 68.7 Å². The molecular weight excluding hydrogens is 456 g/mol. The standard InChI is InChI=1S/C13H30N4O.C7H13NO.C5H9NO.C2H6/c1-11(15)6-17(16)8-13(4,5)10-18-9-12(2,3)7-14;1-6(2)7(9)4-5-8-3;1-4-3-7-5(4)2-6;1-2/h6H,7-10,14-16H2,1-5H3;8H,1,4-5H2,2-3H3;3,5H,2,6H2,1H3;1-2H3/b11-6-;;;. The Morgan fingerprint density at radius 2 is 1.72 bits per heavy atom. The molecule has 1 heterocycles. The fourth-order valence-corrected chi connectivity index (χ4v) is 2.50. The summed E-state index contributed by atoms with van der Waals surface area (Å²) in [6.07, 6.45) is 4.24. The third-order valence-electron chi connectivity index (χ3n) is 4.74. The number of carbonyl (C=O) groups is 1. The number of hydrogen-bond donors (Lipinski definition) is 5. The van der Waals surface area contributed by atoms with E-state index >= 15 is 0 Å². The lowest BCUT2D eigenvalue weighted by molar-refractivity contribution is -0.115. The number of carbonyl (C=O) groups excluding carboxylic acids is 1. The molecule has 9 N–H and O–H groups in total. The summed E-state index contributed by atoms with van der Waals surface area (Å²) in [5, 5.41) is 4.50. The molecule has 36 heavy (non-hydrogen) atoms. The van der Waals surface area contributed by atoms with E-state index in [1.165, 1.54) is 5.57 Å². The zero-order chi connectivity index (χ0) is 28.9. The van der Waals surface area contributed by atoms with E-state index in [0.29, 0.717) is 50.5 Å². The molecule has 0 aliphatic carbocycles. The van der Waals surface area contributed by atoms with Gasteiger partial charge in [-0.1, -0.05) is 48.1 Å². The van der Waals surface area contributed by atoms with Crippen molar-refractivity contribution in [2.45, 2.75) is 74.8 Å². The zero-order valence-electron chi connectivity index (χ0n) is 24.9. The molecule has 0 radical (unpaired) electrons. The first-order valence-corrected chi connectivity index (χ1v) is 12.7. The Hall–Kier alpha value is -1.91. The van der Waals surface area contributed by atoms with Crippen LogP contribution in [0.3, 0.4) is 0 Å². The topological polar surface area (TPSA) is 155 Å². The van der Waals surface area contributed by atoms with E-state index in [-0.39, 0.29) is 22.7 Å². The highest BCUT2D eigenvalue weighted by Crippen LogP contribution is 2.19. The molecule has 9 heteroatoms. The fourth-order valence-electron chi connectivity index (χ4n) is 2.50. The first-order chi connectivity index (χ1) is 16.6. The highest BCUT2D eigenvalue weighted by atomic mass is 16.5. The van der Waals surface area contributed by atoms with Crippen LogP contribution in [0.15, 0.2) is 35.9 Å². The third-order valence-corrected chi connectivity index (χ3v) is 4.74. The summed E-state index contributed by atoms with van der Waals surface area (Å²) in [5.41, 5.74) is 19.1. The number of ketones is 1. The summed E-state index contributed by atoms with van der Waals surface area (Å²) in [7, 11) is 1.83. The molecule has 0 aromatic carbocycles. The van der Waals surface area contributed by atoms with E-state index in [9.17, 15) is 4.79 Å². The Morgan fingerprint density at radius 3 is 2.03 bits per heavy atom. The van der Waals surface area contributed by atoms with Crippen LogP contribution in [0, 0.1) is 10.8 Å². The predicted molar refractivity (Wildman–Crippen MR) is 154 cm³/mol. The van der Waals surface area contributed by atoms with Crippen molar-refractivity contribution in [2.75, 3.05) is 46.4 Å². The maximum Gasteiger partial charge on any atom is 0.159 e. The maximum absolute atomic E-state index is 10.8. The molecule has 0 aromatic heterocycles. The second-order valence-electron chi connectivity index (χ2n) is 10.4. The van der Waals surface area contributed by atoms with Crippen molar-refractivity contribution >= 4 is 5.78 Å². The number of nitrogens with zero attached hydrogens (tertiary/aromatic N) is 1. The molecule has 0 aromatic rings. The summed E-state index contributed by atoms with van der Waals surface area (Å²) in [6, 6.07) is 0. The molecule has 1 aliphatic rings. The normalized spacial score (nSPS) is 14.8. The Kier molecular flexibility index (Phi) is 22.7. The van der Waals surface area contributed by atoms with Crippen molar-refractivity contribution in [3.05, 3.63) is 35.9 Å². The second kappa shape index (κ2) is 21.2. The molecule has 0 fully saturated rings. The van der Waals surface area contributed by atoms with Gasteiger partial charge in [0.1, 0.15) is 6.10 Å². The van der Waals surface area contributed by atoms with E-state index in [1.807, 2.05) is 34.7 Å². The van der Waals surface area contributed by atoms with Crippen LogP contribution in [-0.4, -0.2) is 63.3 Å². The van der Waals surface area contributed by atoms with Gasteiger partial charge in [-0.15, -0.1) is 0 Å². The number of rotatable bonds is 13. The van der Waals surface area contributed by atoms with Crippen molar-refractivity contribution in [1.29, 1.82) is 0 Å². The summed E-state index contributed by atoms with van der Waals surface area (Å²) in [6.45, 7) is 25.5. The number of nitrogens with two attached hydrogens (primary N) is 4. The summed E-state index contributed by atoms with van der Waals surface area (Å²) < 4.78 is 10.7. The van der Waals surface area contributed by atoms with Crippen molar-refractivity contribution in [3.63, 3.8) is 0 Å². The molecule has 0 bridgehead atoms. The van der Waals surface area contributed by atoms with E-state index < -0.39 is 0 Å². The SMILES string of the molecule is C/C(N)=C/N(N)CC(C)(C)COCC(C)(C)CN.C=C(C)C(=O)CCNC.CC.CC1=COC1CN.